The maximum absolute atomic E-state index is 13.0. The van der Waals surface area contributed by atoms with Gasteiger partial charge in [0.25, 0.3) is 0 Å². The van der Waals surface area contributed by atoms with Crippen molar-refractivity contribution >= 4 is 0 Å². The van der Waals surface area contributed by atoms with Crippen molar-refractivity contribution in [1.82, 2.24) is 19.9 Å². The number of halogens is 1. The number of unbranched alkanes of at least 4 members (excludes halogenated alkanes) is 1. The molecule has 0 spiro atoms. The molecule has 0 aliphatic heterocycles. The van der Waals surface area contributed by atoms with E-state index in [1.807, 2.05) is 19.4 Å². The number of pyridine rings is 1. The number of nitrogens with one attached hydrogen (secondary N) is 1. The van der Waals surface area contributed by atoms with Crippen LogP contribution < -0.4 is 5.32 Å². The number of aryl methyl sites for hydroxylation is 1. The second-order valence-electron chi connectivity index (χ2n) is 4.62. The zero-order valence-corrected chi connectivity index (χ0v) is 11.1. The van der Waals surface area contributed by atoms with Gasteiger partial charge in [0.1, 0.15) is 5.82 Å². The molecule has 19 heavy (non-hydrogen) atoms. The number of rotatable bonds is 7. The number of hydrogen-bond donors (Lipinski definition) is 1. The van der Waals surface area contributed by atoms with E-state index < -0.39 is 0 Å². The fraction of sp³-hybridized carbons (Fsp3) is 0.429. The molecule has 0 fully saturated rings. The molecule has 0 aliphatic carbocycles. The van der Waals surface area contributed by atoms with Gasteiger partial charge in [0.15, 0.2) is 0 Å². The highest BCUT2D eigenvalue weighted by Crippen LogP contribution is 2.11. The van der Waals surface area contributed by atoms with Crippen molar-refractivity contribution in [2.75, 3.05) is 6.54 Å². The summed E-state index contributed by atoms with van der Waals surface area (Å²) in [6.45, 7) is 3.91. The fourth-order valence-corrected chi connectivity index (χ4v) is 1.94. The minimum Gasteiger partial charge on any atom is -0.337 e. The monoisotopic (exact) mass is 262 g/mol. The van der Waals surface area contributed by atoms with Gasteiger partial charge in [-0.25, -0.2) is 9.37 Å². The normalized spacial score (nSPS) is 12.5. The first-order chi connectivity index (χ1) is 9.25. The van der Waals surface area contributed by atoms with Gasteiger partial charge >= 0.3 is 0 Å². The summed E-state index contributed by atoms with van der Waals surface area (Å²) in [5.41, 5.74) is 0.884. The second kappa shape index (κ2) is 6.99. The summed E-state index contributed by atoms with van der Waals surface area (Å²) in [5.74, 6) is -0.286. The van der Waals surface area contributed by atoms with Crippen molar-refractivity contribution < 1.29 is 4.39 Å². The Morgan fingerprint density at radius 1 is 1.32 bits per heavy atom. The molecule has 2 aromatic rings. The molecular weight excluding hydrogens is 243 g/mol. The van der Waals surface area contributed by atoms with Crippen LogP contribution in [0.3, 0.4) is 0 Å². The first-order valence-corrected chi connectivity index (χ1v) is 6.55. The van der Waals surface area contributed by atoms with Crippen LogP contribution in [0.15, 0.2) is 37.2 Å². The lowest BCUT2D eigenvalue weighted by Gasteiger charge is -2.13. The van der Waals surface area contributed by atoms with E-state index in [-0.39, 0.29) is 11.9 Å². The van der Waals surface area contributed by atoms with E-state index in [4.69, 9.17) is 0 Å². The van der Waals surface area contributed by atoms with Gasteiger partial charge in [-0.05, 0) is 37.9 Å². The highest BCUT2D eigenvalue weighted by Gasteiger charge is 2.05. The van der Waals surface area contributed by atoms with Gasteiger partial charge in [-0.1, -0.05) is 0 Å². The topological polar surface area (TPSA) is 42.7 Å². The van der Waals surface area contributed by atoms with Crippen molar-refractivity contribution in [2.24, 2.45) is 0 Å². The smallest absolute Gasteiger partial charge is 0.141 e. The van der Waals surface area contributed by atoms with Crippen molar-refractivity contribution in [1.29, 1.82) is 0 Å². The minimum absolute atomic E-state index is 0.122. The first-order valence-electron chi connectivity index (χ1n) is 6.55. The molecule has 1 atom stereocenters. The highest BCUT2D eigenvalue weighted by molar-refractivity contribution is 5.14. The third kappa shape index (κ3) is 4.44. The minimum atomic E-state index is -0.286. The molecule has 2 aromatic heterocycles. The molecule has 0 aliphatic rings. The predicted octanol–water partition coefficient (Wildman–Crippen LogP) is 2.55. The Bertz CT molecular complexity index is 484. The van der Waals surface area contributed by atoms with E-state index in [1.165, 1.54) is 12.3 Å². The van der Waals surface area contributed by atoms with Gasteiger partial charge in [-0.15, -0.1) is 0 Å². The van der Waals surface area contributed by atoms with E-state index in [1.54, 1.807) is 12.4 Å². The molecule has 0 aromatic carbocycles. The van der Waals surface area contributed by atoms with Crippen LogP contribution in [0.1, 0.15) is 31.4 Å². The van der Waals surface area contributed by atoms with Gasteiger partial charge in [-0.3, -0.25) is 4.98 Å². The van der Waals surface area contributed by atoms with Gasteiger partial charge < -0.3 is 9.88 Å². The first kappa shape index (κ1) is 13.7. The van der Waals surface area contributed by atoms with E-state index in [9.17, 15) is 4.39 Å². The quantitative estimate of drug-likeness (QED) is 0.780. The molecule has 0 saturated carbocycles. The van der Waals surface area contributed by atoms with Gasteiger partial charge in [0.2, 0.25) is 0 Å². The maximum atomic E-state index is 13.0. The molecule has 2 heterocycles. The lowest BCUT2D eigenvalue weighted by molar-refractivity contribution is 0.519. The molecule has 1 N–H and O–H groups in total. The highest BCUT2D eigenvalue weighted by atomic mass is 19.1. The van der Waals surface area contributed by atoms with Crippen LogP contribution in [0, 0.1) is 5.82 Å². The van der Waals surface area contributed by atoms with Gasteiger partial charge in [0.05, 0.1) is 12.5 Å². The molecule has 5 heteroatoms. The molecule has 0 amide bonds. The molecule has 2 rings (SSSR count). The number of hydrogen-bond acceptors (Lipinski definition) is 3. The summed E-state index contributed by atoms with van der Waals surface area (Å²) in [6.07, 6.45) is 10.7. The zero-order chi connectivity index (χ0) is 13.5. The molecule has 1 unspecified atom stereocenters. The lowest BCUT2D eigenvalue weighted by Crippen LogP contribution is -2.20. The lowest BCUT2D eigenvalue weighted by atomic mass is 10.1. The van der Waals surface area contributed by atoms with E-state index >= 15 is 0 Å². The van der Waals surface area contributed by atoms with Crippen LogP contribution in [0.25, 0.3) is 0 Å². The molecule has 102 valence electrons. The average Bonchev–Trinajstić information content (AvgIpc) is 2.91. The SMILES string of the molecule is CC(NCCCCn1ccnc1)c1cncc(F)c1. The van der Waals surface area contributed by atoms with Crippen molar-refractivity contribution in [3.05, 3.63) is 48.6 Å². The molecule has 0 saturated heterocycles. The Morgan fingerprint density at radius 3 is 2.95 bits per heavy atom. The predicted molar refractivity (Wildman–Crippen MR) is 72.1 cm³/mol. The summed E-state index contributed by atoms with van der Waals surface area (Å²) in [7, 11) is 0. The average molecular weight is 262 g/mol. The third-order valence-electron chi connectivity index (χ3n) is 3.08. The molecular formula is C14H19FN4. The van der Waals surface area contributed by atoms with Crippen molar-refractivity contribution in [3.8, 4) is 0 Å². The van der Waals surface area contributed by atoms with Crippen LogP contribution in [0.4, 0.5) is 4.39 Å². The van der Waals surface area contributed by atoms with E-state index in [0.717, 1.165) is 31.5 Å². The number of aromatic nitrogens is 3. The van der Waals surface area contributed by atoms with Crippen LogP contribution in [-0.2, 0) is 6.54 Å². The third-order valence-corrected chi connectivity index (χ3v) is 3.08. The summed E-state index contributed by atoms with van der Waals surface area (Å²) in [6, 6.07) is 1.65. The Hall–Kier alpha value is -1.75. The van der Waals surface area contributed by atoms with Gasteiger partial charge in [0, 0.05) is 31.2 Å². The van der Waals surface area contributed by atoms with Crippen molar-refractivity contribution in [3.63, 3.8) is 0 Å². The van der Waals surface area contributed by atoms with Crippen LogP contribution in [0.2, 0.25) is 0 Å². The Kier molecular flexibility index (Phi) is 5.03. The van der Waals surface area contributed by atoms with Crippen molar-refractivity contribution in [2.45, 2.75) is 32.4 Å². The van der Waals surface area contributed by atoms with Crippen LogP contribution in [-0.4, -0.2) is 21.1 Å². The molecule has 0 radical (unpaired) electrons. The van der Waals surface area contributed by atoms with E-state index in [0.29, 0.717) is 0 Å². The second-order valence-corrected chi connectivity index (χ2v) is 4.62. The Balaban J connectivity index is 1.65. The number of nitrogens with zero attached hydrogens (tertiary/aromatic N) is 3. The van der Waals surface area contributed by atoms with Gasteiger partial charge in [-0.2, -0.15) is 0 Å². The Labute approximate surface area is 112 Å². The largest absolute Gasteiger partial charge is 0.337 e. The summed E-state index contributed by atoms with van der Waals surface area (Å²) >= 11 is 0. The molecule has 0 bridgehead atoms. The van der Waals surface area contributed by atoms with E-state index in [2.05, 4.69) is 19.9 Å². The maximum Gasteiger partial charge on any atom is 0.141 e. The fourth-order valence-electron chi connectivity index (χ4n) is 1.94. The zero-order valence-electron chi connectivity index (χ0n) is 11.1. The van der Waals surface area contributed by atoms with Crippen LogP contribution >= 0.6 is 0 Å². The summed E-state index contributed by atoms with van der Waals surface area (Å²) in [5, 5.41) is 3.37. The van der Waals surface area contributed by atoms with Crippen LogP contribution in [0.5, 0.6) is 0 Å². The Morgan fingerprint density at radius 2 is 2.21 bits per heavy atom. The number of imidazole rings is 1. The standard InChI is InChI=1S/C14H19FN4/c1-12(13-8-14(15)10-17-9-13)18-4-2-3-6-19-7-5-16-11-19/h5,7-12,18H,2-4,6H2,1H3. The summed E-state index contributed by atoms with van der Waals surface area (Å²) in [4.78, 5) is 7.86. The molecule has 4 nitrogen and oxygen atoms in total. The summed E-state index contributed by atoms with van der Waals surface area (Å²) < 4.78 is 15.1.